The van der Waals surface area contributed by atoms with Gasteiger partial charge in [0.05, 0.1) is 5.41 Å². The van der Waals surface area contributed by atoms with Gasteiger partial charge in [-0.1, -0.05) is 13.8 Å². The van der Waals surface area contributed by atoms with Crippen LogP contribution in [0.2, 0.25) is 0 Å². The SMILES string of the molecule is CCC1(C)CC(I)=CNC1=O. The first kappa shape index (κ1) is 9.03. The first-order valence-corrected chi connectivity index (χ1v) is 4.82. The highest BCUT2D eigenvalue weighted by molar-refractivity contribution is 14.1. The molecule has 1 N–H and O–H groups in total. The largest absolute Gasteiger partial charge is 0.331 e. The molecule has 0 aromatic heterocycles. The second kappa shape index (κ2) is 3.13. The molecule has 0 spiro atoms. The summed E-state index contributed by atoms with van der Waals surface area (Å²) in [5.41, 5.74) is -0.175. The van der Waals surface area contributed by atoms with Gasteiger partial charge in [-0.3, -0.25) is 4.79 Å². The zero-order chi connectivity index (χ0) is 8.48. The summed E-state index contributed by atoms with van der Waals surface area (Å²) in [5.74, 6) is 0.153. The maximum absolute atomic E-state index is 11.3. The summed E-state index contributed by atoms with van der Waals surface area (Å²) in [6, 6.07) is 0. The Morgan fingerprint density at radius 1 is 1.82 bits per heavy atom. The fraction of sp³-hybridized carbons (Fsp3) is 0.625. The molecule has 1 rings (SSSR count). The lowest BCUT2D eigenvalue weighted by atomic mass is 9.82. The van der Waals surface area contributed by atoms with Crippen LogP contribution in [0.5, 0.6) is 0 Å². The predicted octanol–water partition coefficient (Wildman–Crippen LogP) is 2.20. The smallest absolute Gasteiger partial charge is 0.230 e. The monoisotopic (exact) mass is 265 g/mol. The van der Waals surface area contributed by atoms with Crippen molar-refractivity contribution in [2.24, 2.45) is 5.41 Å². The van der Waals surface area contributed by atoms with E-state index in [1.807, 2.05) is 6.92 Å². The summed E-state index contributed by atoms with van der Waals surface area (Å²) in [5, 5.41) is 2.76. The first-order chi connectivity index (χ1) is 5.08. The van der Waals surface area contributed by atoms with E-state index in [0.29, 0.717) is 0 Å². The molecule has 0 saturated carbocycles. The number of nitrogens with one attached hydrogen (secondary N) is 1. The van der Waals surface area contributed by atoms with E-state index < -0.39 is 0 Å². The van der Waals surface area contributed by atoms with Crippen molar-refractivity contribution in [1.82, 2.24) is 5.32 Å². The molecule has 0 bridgehead atoms. The van der Waals surface area contributed by atoms with Crippen LogP contribution in [0, 0.1) is 5.41 Å². The molecule has 2 nitrogen and oxygen atoms in total. The van der Waals surface area contributed by atoms with Gasteiger partial charge in [-0.15, -0.1) is 0 Å². The van der Waals surface area contributed by atoms with Gasteiger partial charge in [0.2, 0.25) is 5.91 Å². The molecule has 0 aliphatic carbocycles. The van der Waals surface area contributed by atoms with Crippen LogP contribution in [-0.2, 0) is 4.79 Å². The van der Waals surface area contributed by atoms with Crippen molar-refractivity contribution in [2.75, 3.05) is 0 Å². The van der Waals surface area contributed by atoms with Crippen LogP contribution < -0.4 is 5.32 Å². The minimum Gasteiger partial charge on any atom is -0.331 e. The summed E-state index contributed by atoms with van der Waals surface area (Å²) in [7, 11) is 0. The fourth-order valence-corrected chi connectivity index (χ4v) is 2.11. The van der Waals surface area contributed by atoms with Crippen molar-refractivity contribution in [3.8, 4) is 0 Å². The summed E-state index contributed by atoms with van der Waals surface area (Å²) in [4.78, 5) is 11.3. The van der Waals surface area contributed by atoms with E-state index in [1.165, 1.54) is 3.58 Å². The number of amides is 1. The van der Waals surface area contributed by atoms with Gasteiger partial charge < -0.3 is 5.32 Å². The standard InChI is InChI=1S/C8H12INO/c1-3-8(2)4-6(9)5-10-7(8)11/h5H,3-4H2,1-2H3,(H,10,11). The Labute approximate surface area is 80.6 Å². The Kier molecular flexibility index (Phi) is 2.57. The number of rotatable bonds is 1. The highest BCUT2D eigenvalue weighted by Gasteiger charge is 2.33. The highest BCUT2D eigenvalue weighted by atomic mass is 127. The van der Waals surface area contributed by atoms with Gasteiger partial charge >= 0.3 is 0 Å². The molecule has 62 valence electrons. The van der Waals surface area contributed by atoms with Crippen molar-refractivity contribution in [3.63, 3.8) is 0 Å². The molecule has 1 heterocycles. The summed E-state index contributed by atoms with van der Waals surface area (Å²) in [6.45, 7) is 4.06. The molecule has 1 aliphatic rings. The van der Waals surface area contributed by atoms with E-state index in [9.17, 15) is 4.79 Å². The normalized spacial score (nSPS) is 31.2. The summed E-state index contributed by atoms with van der Waals surface area (Å²) >= 11 is 2.26. The Hall–Kier alpha value is -0.0600. The number of carbonyl (C=O) groups is 1. The van der Waals surface area contributed by atoms with E-state index in [1.54, 1.807) is 6.20 Å². The zero-order valence-electron chi connectivity index (χ0n) is 6.78. The Bertz CT molecular complexity index is 212. The number of carbonyl (C=O) groups excluding carboxylic acids is 1. The molecule has 0 aromatic carbocycles. The van der Waals surface area contributed by atoms with Crippen LogP contribution in [0.3, 0.4) is 0 Å². The van der Waals surface area contributed by atoms with Gasteiger partial charge in [-0.2, -0.15) is 0 Å². The predicted molar refractivity (Wildman–Crippen MR) is 53.3 cm³/mol. The van der Waals surface area contributed by atoms with Crippen LogP contribution in [0.4, 0.5) is 0 Å². The molecule has 0 saturated heterocycles. The Morgan fingerprint density at radius 2 is 2.45 bits per heavy atom. The minimum atomic E-state index is -0.175. The fourth-order valence-electron chi connectivity index (χ4n) is 1.11. The third-order valence-corrected chi connectivity index (χ3v) is 2.94. The second-order valence-corrected chi connectivity index (χ2v) is 4.54. The first-order valence-electron chi connectivity index (χ1n) is 3.74. The lowest BCUT2D eigenvalue weighted by molar-refractivity contribution is -0.129. The lowest BCUT2D eigenvalue weighted by Crippen LogP contribution is -2.39. The van der Waals surface area contributed by atoms with E-state index in [0.717, 1.165) is 12.8 Å². The molecule has 0 fully saturated rings. The highest BCUT2D eigenvalue weighted by Crippen LogP contribution is 2.34. The van der Waals surface area contributed by atoms with Gasteiger partial charge in [0, 0.05) is 9.78 Å². The molecule has 11 heavy (non-hydrogen) atoms. The third-order valence-electron chi connectivity index (χ3n) is 2.25. The van der Waals surface area contributed by atoms with E-state index in [2.05, 4.69) is 34.8 Å². The molecule has 0 radical (unpaired) electrons. The number of allylic oxidation sites excluding steroid dienone is 1. The molecule has 1 atom stereocenters. The van der Waals surface area contributed by atoms with Crippen molar-refractivity contribution in [1.29, 1.82) is 0 Å². The van der Waals surface area contributed by atoms with Crippen molar-refractivity contribution in [3.05, 3.63) is 9.78 Å². The number of halogens is 1. The van der Waals surface area contributed by atoms with Crippen molar-refractivity contribution >= 4 is 28.5 Å². The molecule has 1 amide bonds. The minimum absolute atomic E-state index is 0.153. The third kappa shape index (κ3) is 1.75. The van der Waals surface area contributed by atoms with Crippen LogP contribution in [0.25, 0.3) is 0 Å². The van der Waals surface area contributed by atoms with Gasteiger partial charge in [0.15, 0.2) is 0 Å². The van der Waals surface area contributed by atoms with E-state index in [-0.39, 0.29) is 11.3 Å². The molecular formula is C8H12INO. The molecular weight excluding hydrogens is 253 g/mol. The molecule has 1 aliphatic heterocycles. The lowest BCUT2D eigenvalue weighted by Gasteiger charge is -2.29. The van der Waals surface area contributed by atoms with E-state index >= 15 is 0 Å². The second-order valence-electron chi connectivity index (χ2n) is 3.16. The number of hydrogen-bond donors (Lipinski definition) is 1. The summed E-state index contributed by atoms with van der Waals surface area (Å²) in [6.07, 6.45) is 3.58. The van der Waals surface area contributed by atoms with Crippen molar-refractivity contribution < 1.29 is 4.79 Å². The van der Waals surface area contributed by atoms with Crippen LogP contribution in [-0.4, -0.2) is 5.91 Å². The quantitative estimate of drug-likeness (QED) is 0.723. The summed E-state index contributed by atoms with van der Waals surface area (Å²) < 4.78 is 1.23. The van der Waals surface area contributed by atoms with Crippen LogP contribution in [0.1, 0.15) is 26.7 Å². The maximum Gasteiger partial charge on any atom is 0.230 e. The van der Waals surface area contributed by atoms with Crippen molar-refractivity contribution in [2.45, 2.75) is 26.7 Å². The van der Waals surface area contributed by atoms with Gasteiger partial charge in [0.1, 0.15) is 0 Å². The molecule has 1 unspecified atom stereocenters. The maximum atomic E-state index is 11.3. The zero-order valence-corrected chi connectivity index (χ0v) is 8.94. The van der Waals surface area contributed by atoms with E-state index in [4.69, 9.17) is 0 Å². The van der Waals surface area contributed by atoms with Gasteiger partial charge in [-0.25, -0.2) is 0 Å². The molecule has 0 aromatic rings. The van der Waals surface area contributed by atoms with Crippen LogP contribution >= 0.6 is 22.6 Å². The van der Waals surface area contributed by atoms with Crippen LogP contribution in [0.15, 0.2) is 9.78 Å². The Morgan fingerprint density at radius 3 is 2.91 bits per heavy atom. The van der Waals surface area contributed by atoms with Gasteiger partial charge in [0.25, 0.3) is 0 Å². The van der Waals surface area contributed by atoms with Gasteiger partial charge in [-0.05, 0) is 35.4 Å². The Balaban J connectivity index is 2.83. The average molecular weight is 265 g/mol. The average Bonchev–Trinajstić information content (AvgIpc) is 1.98. The topological polar surface area (TPSA) is 29.1 Å². The number of hydrogen-bond acceptors (Lipinski definition) is 1. The molecule has 3 heteroatoms.